The quantitative estimate of drug-likeness (QED) is 0.785. The first kappa shape index (κ1) is 8.94. The lowest BCUT2D eigenvalue weighted by molar-refractivity contribution is 0.565. The highest BCUT2D eigenvalue weighted by Gasteiger charge is 2.19. The largest absolute Gasteiger partial charge is 0.359 e. The summed E-state index contributed by atoms with van der Waals surface area (Å²) in [5, 5.41) is 3.14. The fourth-order valence-corrected chi connectivity index (χ4v) is 2.93. The number of imidazole rings is 1. The molecule has 4 heteroatoms. The molecule has 0 saturated carbocycles. The van der Waals surface area contributed by atoms with E-state index in [1.165, 1.54) is 17.9 Å². The first-order chi connectivity index (χ1) is 6.31. The predicted molar refractivity (Wildman–Crippen MR) is 57.5 cm³/mol. The SMILES string of the molecule is CNc1nc(C)cn1C1CCSC1. The third-order valence-electron chi connectivity index (χ3n) is 2.38. The molecule has 1 fully saturated rings. The maximum absolute atomic E-state index is 4.42. The van der Waals surface area contributed by atoms with Crippen molar-refractivity contribution in [2.75, 3.05) is 23.9 Å². The molecule has 1 N–H and O–H groups in total. The van der Waals surface area contributed by atoms with Crippen molar-refractivity contribution < 1.29 is 0 Å². The van der Waals surface area contributed by atoms with Crippen LogP contribution in [0.2, 0.25) is 0 Å². The Morgan fingerprint density at radius 1 is 1.69 bits per heavy atom. The van der Waals surface area contributed by atoms with Gasteiger partial charge in [0.25, 0.3) is 0 Å². The van der Waals surface area contributed by atoms with Crippen LogP contribution in [0.15, 0.2) is 6.20 Å². The van der Waals surface area contributed by atoms with Crippen LogP contribution in [-0.4, -0.2) is 28.1 Å². The molecule has 0 bridgehead atoms. The second-order valence-corrected chi connectivity index (χ2v) is 4.53. The van der Waals surface area contributed by atoms with E-state index in [0.717, 1.165) is 11.6 Å². The van der Waals surface area contributed by atoms with Gasteiger partial charge in [0.1, 0.15) is 0 Å². The minimum atomic E-state index is 0.647. The highest BCUT2D eigenvalue weighted by Crippen LogP contribution is 2.30. The fraction of sp³-hybridized carbons (Fsp3) is 0.667. The van der Waals surface area contributed by atoms with Gasteiger partial charge in [-0.25, -0.2) is 4.98 Å². The maximum atomic E-state index is 4.42. The van der Waals surface area contributed by atoms with Crippen molar-refractivity contribution >= 4 is 17.7 Å². The maximum Gasteiger partial charge on any atom is 0.203 e. The molecule has 1 aliphatic rings. The highest BCUT2D eigenvalue weighted by atomic mass is 32.2. The molecule has 2 rings (SSSR count). The van der Waals surface area contributed by atoms with Crippen molar-refractivity contribution in [3.05, 3.63) is 11.9 Å². The Balaban J connectivity index is 2.26. The van der Waals surface area contributed by atoms with Crippen LogP contribution in [0.5, 0.6) is 0 Å². The molecular formula is C9H15N3S. The summed E-state index contributed by atoms with van der Waals surface area (Å²) in [6, 6.07) is 0.647. The van der Waals surface area contributed by atoms with Crippen molar-refractivity contribution in [1.29, 1.82) is 0 Å². The number of hydrogen-bond acceptors (Lipinski definition) is 3. The van der Waals surface area contributed by atoms with Crippen molar-refractivity contribution in [3.8, 4) is 0 Å². The van der Waals surface area contributed by atoms with Gasteiger partial charge in [-0.2, -0.15) is 11.8 Å². The summed E-state index contributed by atoms with van der Waals surface area (Å²) in [5.74, 6) is 3.51. The van der Waals surface area contributed by atoms with Gasteiger partial charge in [0, 0.05) is 25.0 Å². The molecule has 0 aromatic carbocycles. The molecular weight excluding hydrogens is 182 g/mol. The number of anilines is 1. The van der Waals surface area contributed by atoms with Gasteiger partial charge in [-0.15, -0.1) is 0 Å². The summed E-state index contributed by atoms with van der Waals surface area (Å²) in [6.07, 6.45) is 3.41. The Morgan fingerprint density at radius 3 is 3.15 bits per heavy atom. The van der Waals surface area contributed by atoms with E-state index in [0.29, 0.717) is 6.04 Å². The summed E-state index contributed by atoms with van der Waals surface area (Å²) in [6.45, 7) is 2.04. The molecule has 0 aliphatic carbocycles. The summed E-state index contributed by atoms with van der Waals surface area (Å²) in [5.41, 5.74) is 1.10. The molecule has 3 nitrogen and oxygen atoms in total. The topological polar surface area (TPSA) is 29.9 Å². The van der Waals surface area contributed by atoms with E-state index in [1.54, 1.807) is 0 Å². The Kier molecular flexibility index (Phi) is 2.49. The number of aromatic nitrogens is 2. The zero-order chi connectivity index (χ0) is 9.26. The zero-order valence-corrected chi connectivity index (χ0v) is 8.90. The van der Waals surface area contributed by atoms with Crippen LogP contribution in [0, 0.1) is 6.92 Å². The van der Waals surface area contributed by atoms with Crippen LogP contribution in [-0.2, 0) is 0 Å². The van der Waals surface area contributed by atoms with Crippen LogP contribution >= 0.6 is 11.8 Å². The van der Waals surface area contributed by atoms with Crippen molar-refractivity contribution in [2.24, 2.45) is 0 Å². The molecule has 2 heterocycles. The fourth-order valence-electron chi connectivity index (χ4n) is 1.72. The lowest BCUT2D eigenvalue weighted by Gasteiger charge is -2.12. The lowest BCUT2D eigenvalue weighted by Crippen LogP contribution is -2.10. The predicted octanol–water partition coefficient (Wildman–Crippen LogP) is 1.91. The Morgan fingerprint density at radius 2 is 2.54 bits per heavy atom. The molecule has 1 aromatic rings. The van der Waals surface area contributed by atoms with Gasteiger partial charge in [-0.05, 0) is 19.1 Å². The van der Waals surface area contributed by atoms with Crippen LogP contribution < -0.4 is 5.32 Å². The molecule has 0 amide bonds. The first-order valence-electron chi connectivity index (χ1n) is 4.62. The standard InChI is InChI=1S/C9H15N3S/c1-7-5-12(9(10-2)11-7)8-3-4-13-6-8/h5,8H,3-4,6H2,1-2H3,(H,10,11). The van der Waals surface area contributed by atoms with Gasteiger partial charge in [0.15, 0.2) is 0 Å². The summed E-state index contributed by atoms with van der Waals surface area (Å²) >= 11 is 2.03. The molecule has 0 spiro atoms. The third-order valence-corrected chi connectivity index (χ3v) is 3.52. The summed E-state index contributed by atoms with van der Waals surface area (Å²) in [4.78, 5) is 4.42. The normalized spacial score (nSPS) is 22.2. The van der Waals surface area contributed by atoms with Gasteiger partial charge >= 0.3 is 0 Å². The number of aryl methyl sites for hydroxylation is 1. The molecule has 1 saturated heterocycles. The van der Waals surface area contributed by atoms with Gasteiger partial charge in [-0.1, -0.05) is 0 Å². The Labute approximate surface area is 82.9 Å². The van der Waals surface area contributed by atoms with Crippen LogP contribution in [0.1, 0.15) is 18.2 Å². The second-order valence-electron chi connectivity index (χ2n) is 3.38. The number of rotatable bonds is 2. The second kappa shape index (κ2) is 3.62. The average Bonchev–Trinajstić information content (AvgIpc) is 2.71. The minimum Gasteiger partial charge on any atom is -0.359 e. The van der Waals surface area contributed by atoms with Gasteiger partial charge in [0.05, 0.1) is 5.69 Å². The summed E-state index contributed by atoms with van der Waals surface area (Å²) < 4.78 is 2.27. The van der Waals surface area contributed by atoms with E-state index < -0.39 is 0 Å². The Hall–Kier alpha value is -0.640. The van der Waals surface area contributed by atoms with Crippen LogP contribution in [0.3, 0.4) is 0 Å². The Bertz CT molecular complexity index is 289. The van der Waals surface area contributed by atoms with Crippen molar-refractivity contribution in [3.63, 3.8) is 0 Å². The highest BCUT2D eigenvalue weighted by molar-refractivity contribution is 7.99. The molecule has 13 heavy (non-hydrogen) atoms. The van der Waals surface area contributed by atoms with E-state index in [-0.39, 0.29) is 0 Å². The number of hydrogen-bond donors (Lipinski definition) is 1. The zero-order valence-electron chi connectivity index (χ0n) is 8.08. The number of thioether (sulfide) groups is 1. The smallest absolute Gasteiger partial charge is 0.203 e. The van der Waals surface area contributed by atoms with Crippen LogP contribution in [0.25, 0.3) is 0 Å². The van der Waals surface area contributed by atoms with E-state index >= 15 is 0 Å². The average molecular weight is 197 g/mol. The monoisotopic (exact) mass is 197 g/mol. The van der Waals surface area contributed by atoms with E-state index in [2.05, 4.69) is 21.1 Å². The molecule has 1 unspecified atom stereocenters. The molecule has 72 valence electrons. The first-order valence-corrected chi connectivity index (χ1v) is 5.77. The number of nitrogens with zero attached hydrogens (tertiary/aromatic N) is 2. The van der Waals surface area contributed by atoms with Crippen molar-refractivity contribution in [1.82, 2.24) is 9.55 Å². The lowest BCUT2D eigenvalue weighted by atomic mass is 10.2. The number of nitrogens with one attached hydrogen (secondary N) is 1. The minimum absolute atomic E-state index is 0.647. The molecule has 1 aliphatic heterocycles. The van der Waals surface area contributed by atoms with Gasteiger partial charge in [0.2, 0.25) is 5.95 Å². The molecule has 1 atom stereocenters. The molecule has 1 aromatic heterocycles. The van der Waals surface area contributed by atoms with Gasteiger partial charge in [-0.3, -0.25) is 0 Å². The van der Waals surface area contributed by atoms with E-state index in [1.807, 2.05) is 25.7 Å². The van der Waals surface area contributed by atoms with E-state index in [4.69, 9.17) is 0 Å². The van der Waals surface area contributed by atoms with E-state index in [9.17, 15) is 0 Å². The third kappa shape index (κ3) is 1.68. The van der Waals surface area contributed by atoms with Crippen molar-refractivity contribution in [2.45, 2.75) is 19.4 Å². The van der Waals surface area contributed by atoms with Gasteiger partial charge < -0.3 is 9.88 Å². The van der Waals surface area contributed by atoms with Crippen LogP contribution in [0.4, 0.5) is 5.95 Å². The molecule has 0 radical (unpaired) electrons. The summed E-state index contributed by atoms with van der Waals surface area (Å²) in [7, 11) is 1.93.